The maximum Gasteiger partial charge on any atom is 0.214 e. The fraction of sp³-hybridized carbons (Fsp3) is 0.500. The predicted octanol–water partition coefficient (Wildman–Crippen LogP) is 2.32. The summed E-state index contributed by atoms with van der Waals surface area (Å²) in [5.41, 5.74) is 0.209. The van der Waals surface area contributed by atoms with Gasteiger partial charge in [-0.05, 0) is 19.9 Å². The molecule has 0 aliphatic heterocycles. The smallest absolute Gasteiger partial charge is 0.214 e. The van der Waals surface area contributed by atoms with Gasteiger partial charge < -0.3 is 4.74 Å². The molecular formula is C12H17ClFNO3S. The lowest BCUT2D eigenvalue weighted by Crippen LogP contribution is -2.29. The van der Waals surface area contributed by atoms with Crippen LogP contribution in [-0.4, -0.2) is 26.9 Å². The Morgan fingerprint density at radius 2 is 2.11 bits per heavy atom. The van der Waals surface area contributed by atoms with Crippen LogP contribution >= 0.6 is 11.6 Å². The lowest BCUT2D eigenvalue weighted by Gasteiger charge is -2.10. The Kier molecular flexibility index (Phi) is 6.19. The summed E-state index contributed by atoms with van der Waals surface area (Å²) in [6, 6.07) is 4.45. The number of sulfonamides is 1. The van der Waals surface area contributed by atoms with Gasteiger partial charge in [-0.3, -0.25) is 0 Å². The van der Waals surface area contributed by atoms with E-state index in [-0.39, 0.29) is 35.6 Å². The lowest BCUT2D eigenvalue weighted by molar-refractivity contribution is 0.0911. The monoisotopic (exact) mass is 309 g/mol. The van der Waals surface area contributed by atoms with Gasteiger partial charge in [-0.2, -0.15) is 0 Å². The largest absolute Gasteiger partial charge is 0.378 e. The zero-order valence-corrected chi connectivity index (χ0v) is 12.4. The number of rotatable bonds is 7. The summed E-state index contributed by atoms with van der Waals surface area (Å²) >= 11 is 5.61. The average molecular weight is 310 g/mol. The second-order valence-corrected chi connectivity index (χ2v) is 6.61. The number of benzene rings is 1. The minimum absolute atomic E-state index is 0.0272. The number of halogens is 2. The van der Waals surface area contributed by atoms with E-state index in [4.69, 9.17) is 16.3 Å². The van der Waals surface area contributed by atoms with Gasteiger partial charge in [0.05, 0.1) is 23.5 Å². The molecule has 0 aliphatic rings. The van der Waals surface area contributed by atoms with Crippen LogP contribution in [0.3, 0.4) is 0 Å². The standard InChI is InChI=1S/C12H17ClFNO3S/c1-9(2)18-6-7-19(16,17)15-8-10-4-3-5-11(13)12(10)14/h3-5,9,15H,6-8H2,1-2H3. The molecule has 108 valence electrons. The Balaban J connectivity index is 2.53. The van der Waals surface area contributed by atoms with E-state index in [0.717, 1.165) is 0 Å². The zero-order valence-electron chi connectivity index (χ0n) is 10.8. The summed E-state index contributed by atoms with van der Waals surface area (Å²) in [5.74, 6) is -0.766. The summed E-state index contributed by atoms with van der Waals surface area (Å²) in [5, 5.41) is -0.0279. The molecule has 0 radical (unpaired) electrons. The zero-order chi connectivity index (χ0) is 14.5. The van der Waals surface area contributed by atoms with E-state index in [9.17, 15) is 12.8 Å². The van der Waals surface area contributed by atoms with Crippen molar-refractivity contribution in [2.75, 3.05) is 12.4 Å². The molecule has 0 aliphatic carbocycles. The highest BCUT2D eigenvalue weighted by Crippen LogP contribution is 2.17. The lowest BCUT2D eigenvalue weighted by atomic mass is 10.2. The van der Waals surface area contributed by atoms with Crippen molar-refractivity contribution in [3.63, 3.8) is 0 Å². The van der Waals surface area contributed by atoms with E-state index < -0.39 is 15.8 Å². The van der Waals surface area contributed by atoms with Crippen LogP contribution in [0.15, 0.2) is 18.2 Å². The molecule has 7 heteroatoms. The van der Waals surface area contributed by atoms with Crippen LogP contribution in [0, 0.1) is 5.82 Å². The summed E-state index contributed by atoms with van der Waals surface area (Å²) in [6.07, 6.45) is -0.0272. The maximum atomic E-state index is 13.5. The Bertz CT molecular complexity index is 520. The minimum atomic E-state index is -3.49. The molecule has 0 aromatic heterocycles. The molecule has 4 nitrogen and oxygen atoms in total. The Labute approximate surface area is 118 Å². The Morgan fingerprint density at radius 1 is 1.42 bits per heavy atom. The van der Waals surface area contributed by atoms with Crippen molar-refractivity contribution in [1.29, 1.82) is 0 Å². The van der Waals surface area contributed by atoms with Gasteiger partial charge in [0.2, 0.25) is 10.0 Å². The number of hydrogen-bond donors (Lipinski definition) is 1. The van der Waals surface area contributed by atoms with E-state index >= 15 is 0 Å². The summed E-state index contributed by atoms with van der Waals surface area (Å²) in [7, 11) is -3.49. The molecule has 19 heavy (non-hydrogen) atoms. The van der Waals surface area contributed by atoms with Gasteiger partial charge in [-0.15, -0.1) is 0 Å². The van der Waals surface area contributed by atoms with Crippen LogP contribution in [0.25, 0.3) is 0 Å². The van der Waals surface area contributed by atoms with E-state index in [1.165, 1.54) is 12.1 Å². The molecule has 0 saturated carbocycles. The topological polar surface area (TPSA) is 55.4 Å². The predicted molar refractivity (Wildman–Crippen MR) is 73.1 cm³/mol. The molecule has 0 amide bonds. The van der Waals surface area contributed by atoms with E-state index in [2.05, 4.69) is 4.72 Å². The van der Waals surface area contributed by atoms with Crippen molar-refractivity contribution in [2.45, 2.75) is 26.5 Å². The fourth-order valence-electron chi connectivity index (χ4n) is 1.34. The molecular weight excluding hydrogens is 293 g/mol. The molecule has 1 aromatic rings. The van der Waals surface area contributed by atoms with Crippen LogP contribution in [0.1, 0.15) is 19.4 Å². The van der Waals surface area contributed by atoms with Crippen LogP contribution in [-0.2, 0) is 21.3 Å². The third-order valence-electron chi connectivity index (χ3n) is 2.32. The first-order valence-electron chi connectivity index (χ1n) is 5.83. The Morgan fingerprint density at radius 3 is 2.74 bits per heavy atom. The molecule has 1 aromatic carbocycles. The molecule has 0 atom stereocenters. The summed E-state index contributed by atoms with van der Waals surface area (Å²) in [6.45, 7) is 3.62. The fourth-order valence-corrected chi connectivity index (χ4v) is 2.37. The summed E-state index contributed by atoms with van der Waals surface area (Å²) in [4.78, 5) is 0. The first-order valence-corrected chi connectivity index (χ1v) is 7.86. The van der Waals surface area contributed by atoms with Crippen molar-refractivity contribution in [2.24, 2.45) is 0 Å². The molecule has 0 heterocycles. The first kappa shape index (κ1) is 16.4. The minimum Gasteiger partial charge on any atom is -0.378 e. The van der Waals surface area contributed by atoms with Gasteiger partial charge in [0.1, 0.15) is 5.82 Å². The van der Waals surface area contributed by atoms with E-state index in [1.54, 1.807) is 6.07 Å². The quantitative estimate of drug-likeness (QED) is 0.841. The third kappa shape index (κ3) is 5.86. The van der Waals surface area contributed by atoms with Crippen LogP contribution in [0.4, 0.5) is 4.39 Å². The van der Waals surface area contributed by atoms with Crippen LogP contribution < -0.4 is 4.72 Å². The van der Waals surface area contributed by atoms with Gasteiger partial charge in [0.25, 0.3) is 0 Å². The molecule has 0 unspecified atom stereocenters. The van der Waals surface area contributed by atoms with Crippen molar-refractivity contribution in [3.05, 3.63) is 34.6 Å². The molecule has 1 rings (SSSR count). The molecule has 0 saturated heterocycles. The van der Waals surface area contributed by atoms with Gasteiger partial charge in [-0.1, -0.05) is 23.7 Å². The van der Waals surface area contributed by atoms with Gasteiger partial charge in [-0.25, -0.2) is 17.5 Å². The van der Waals surface area contributed by atoms with Crippen LogP contribution in [0.5, 0.6) is 0 Å². The SMILES string of the molecule is CC(C)OCCS(=O)(=O)NCc1cccc(Cl)c1F. The van der Waals surface area contributed by atoms with Gasteiger partial charge >= 0.3 is 0 Å². The highest BCUT2D eigenvalue weighted by atomic mass is 35.5. The number of ether oxygens (including phenoxy) is 1. The van der Waals surface area contributed by atoms with Crippen molar-refractivity contribution < 1.29 is 17.5 Å². The molecule has 0 bridgehead atoms. The highest BCUT2D eigenvalue weighted by Gasteiger charge is 2.13. The van der Waals surface area contributed by atoms with Crippen molar-refractivity contribution in [3.8, 4) is 0 Å². The second kappa shape index (κ2) is 7.19. The molecule has 0 spiro atoms. The highest BCUT2D eigenvalue weighted by molar-refractivity contribution is 7.89. The number of nitrogens with one attached hydrogen (secondary N) is 1. The second-order valence-electron chi connectivity index (χ2n) is 4.27. The van der Waals surface area contributed by atoms with E-state index in [1.807, 2.05) is 13.8 Å². The maximum absolute atomic E-state index is 13.5. The third-order valence-corrected chi connectivity index (χ3v) is 3.90. The first-order chi connectivity index (χ1) is 8.82. The van der Waals surface area contributed by atoms with Gasteiger partial charge in [0, 0.05) is 12.1 Å². The van der Waals surface area contributed by atoms with Crippen molar-refractivity contribution in [1.82, 2.24) is 4.72 Å². The number of hydrogen-bond acceptors (Lipinski definition) is 3. The average Bonchev–Trinajstić information content (AvgIpc) is 2.30. The Hall–Kier alpha value is -0.690. The van der Waals surface area contributed by atoms with Crippen LogP contribution in [0.2, 0.25) is 5.02 Å². The summed E-state index contributed by atoms with van der Waals surface area (Å²) < 4.78 is 44.3. The normalized spacial score (nSPS) is 12.1. The van der Waals surface area contributed by atoms with E-state index in [0.29, 0.717) is 0 Å². The molecule has 1 N–H and O–H groups in total. The molecule has 0 fully saturated rings. The van der Waals surface area contributed by atoms with Gasteiger partial charge in [0.15, 0.2) is 0 Å². The van der Waals surface area contributed by atoms with Crippen molar-refractivity contribution >= 4 is 21.6 Å².